The number of carbonyl (C=O) groups excluding carboxylic acids is 1. The molecule has 1 heterocycles. The van der Waals surface area contributed by atoms with Gasteiger partial charge in [0.2, 0.25) is 0 Å². The molecule has 36 heavy (non-hydrogen) atoms. The molecule has 0 radical (unpaired) electrons. The predicted octanol–water partition coefficient (Wildman–Crippen LogP) is 8.80. The van der Waals surface area contributed by atoms with E-state index in [2.05, 4.69) is 32.3 Å². The molecule has 4 nitrogen and oxygen atoms in total. The summed E-state index contributed by atoms with van der Waals surface area (Å²) in [5, 5.41) is 10.3. The van der Waals surface area contributed by atoms with E-state index in [9.17, 15) is 18.7 Å². The van der Waals surface area contributed by atoms with Gasteiger partial charge in [-0.25, -0.2) is 13.6 Å². The van der Waals surface area contributed by atoms with E-state index >= 15 is 0 Å². The van der Waals surface area contributed by atoms with Crippen LogP contribution in [0.2, 0.25) is 0 Å². The Labute approximate surface area is 217 Å². The molecule has 1 atom stereocenters. The Morgan fingerprint density at radius 2 is 1.75 bits per heavy atom. The number of esters is 1. The van der Waals surface area contributed by atoms with Crippen molar-refractivity contribution in [1.29, 1.82) is 0 Å². The number of rotatable bonds is 5. The molecule has 1 aliphatic rings. The van der Waals surface area contributed by atoms with Crippen molar-refractivity contribution in [3.63, 3.8) is 0 Å². The van der Waals surface area contributed by atoms with Crippen LogP contribution in [0, 0.1) is 17.6 Å². The first kappa shape index (κ1) is 35.1. The van der Waals surface area contributed by atoms with Crippen LogP contribution in [0.1, 0.15) is 80.7 Å². The first-order chi connectivity index (χ1) is 17.0. The summed E-state index contributed by atoms with van der Waals surface area (Å²) in [6, 6.07) is 3.49. The van der Waals surface area contributed by atoms with E-state index in [0.717, 1.165) is 35.6 Å². The second kappa shape index (κ2) is 19.2. The molecular weight excluding hydrogens is 460 g/mol. The maximum Gasteiger partial charge on any atom is 0.343 e. The molecule has 0 saturated heterocycles. The standard InChI is InChI=1S/C22H23F2NO3.C4H10.2C2H6/c1-5-17-9-16(11-21(26)18(12-25-17)22(27)28-4)14(3)8-13(2)15-6-7-19(23)20(24)10-15;1-4(2)3;2*1-2/h6-8,10-12,17,26H,2,5,9H2,1,3-4H3;4H,1-3H3;2*1-2H3/b14-8+,16-11+,21-18-,25-12?;;;. The molecule has 0 spiro atoms. The fourth-order valence-corrected chi connectivity index (χ4v) is 2.78. The van der Waals surface area contributed by atoms with Gasteiger partial charge in [-0.2, -0.15) is 0 Å². The lowest BCUT2D eigenvalue weighted by molar-refractivity contribution is -0.135. The fourth-order valence-electron chi connectivity index (χ4n) is 2.78. The zero-order chi connectivity index (χ0) is 28.4. The third-order valence-electron chi connectivity index (χ3n) is 4.52. The van der Waals surface area contributed by atoms with Gasteiger partial charge in [0.1, 0.15) is 11.3 Å². The second-order valence-corrected chi connectivity index (χ2v) is 8.22. The molecule has 1 N–H and O–H groups in total. The van der Waals surface area contributed by atoms with Gasteiger partial charge in [-0.15, -0.1) is 0 Å². The number of allylic oxidation sites excluding steroid dienone is 4. The lowest BCUT2D eigenvalue weighted by atomic mass is 9.93. The Hall–Kier alpha value is -3.02. The molecule has 1 aliphatic heterocycles. The molecule has 0 bridgehead atoms. The average Bonchev–Trinajstić information content (AvgIpc) is 2.84. The van der Waals surface area contributed by atoms with E-state index in [1.54, 1.807) is 6.08 Å². The minimum absolute atomic E-state index is 0.0228. The lowest BCUT2D eigenvalue weighted by Crippen LogP contribution is -2.14. The Balaban J connectivity index is 0. The van der Waals surface area contributed by atoms with Crippen molar-refractivity contribution in [2.45, 2.75) is 81.2 Å². The highest BCUT2D eigenvalue weighted by Gasteiger charge is 2.19. The van der Waals surface area contributed by atoms with Crippen molar-refractivity contribution in [2.75, 3.05) is 7.11 Å². The van der Waals surface area contributed by atoms with Gasteiger partial charge in [0, 0.05) is 6.21 Å². The minimum atomic E-state index is -0.946. The van der Waals surface area contributed by atoms with Crippen molar-refractivity contribution in [2.24, 2.45) is 10.9 Å². The van der Waals surface area contributed by atoms with Crippen LogP contribution in [-0.4, -0.2) is 30.4 Å². The number of benzene rings is 1. The van der Waals surface area contributed by atoms with Gasteiger partial charge in [0.25, 0.3) is 0 Å². The summed E-state index contributed by atoms with van der Waals surface area (Å²) in [6.45, 7) is 22.2. The maximum absolute atomic E-state index is 13.5. The number of hydrogen-bond donors (Lipinski definition) is 1. The zero-order valence-corrected chi connectivity index (χ0v) is 23.7. The fraction of sp³-hybridized carbons (Fsp3) is 0.467. The van der Waals surface area contributed by atoms with Gasteiger partial charge < -0.3 is 9.84 Å². The molecule has 1 aromatic rings. The Kier molecular flexibility index (Phi) is 18.7. The van der Waals surface area contributed by atoms with Gasteiger partial charge in [-0.1, -0.05) is 74.1 Å². The Morgan fingerprint density at radius 3 is 2.22 bits per heavy atom. The highest BCUT2D eigenvalue weighted by atomic mass is 19.2. The van der Waals surface area contributed by atoms with Crippen LogP contribution >= 0.6 is 0 Å². The van der Waals surface area contributed by atoms with Crippen molar-refractivity contribution >= 4 is 17.8 Å². The molecule has 2 rings (SSSR count). The first-order valence-electron chi connectivity index (χ1n) is 12.6. The number of carbonyl (C=O) groups is 1. The van der Waals surface area contributed by atoms with Gasteiger partial charge in [0.15, 0.2) is 11.6 Å². The topological polar surface area (TPSA) is 58.9 Å². The lowest BCUT2D eigenvalue weighted by Gasteiger charge is -2.17. The van der Waals surface area contributed by atoms with Crippen molar-refractivity contribution in [1.82, 2.24) is 0 Å². The van der Waals surface area contributed by atoms with E-state index in [4.69, 9.17) is 4.74 Å². The molecule has 0 amide bonds. The van der Waals surface area contributed by atoms with Crippen LogP contribution in [0.4, 0.5) is 8.78 Å². The van der Waals surface area contributed by atoms with E-state index in [0.29, 0.717) is 17.6 Å². The molecule has 0 saturated carbocycles. The SMILES string of the molecule is C=C(/C=C(C)/C1=C/C(O)=C(/C(=O)OC)C=NC(CC)C1)c1ccc(F)c(F)c1.CC.CC.CC(C)C. The molecule has 0 aromatic heterocycles. The van der Waals surface area contributed by atoms with Crippen molar-refractivity contribution in [3.8, 4) is 0 Å². The monoisotopic (exact) mass is 505 g/mol. The van der Waals surface area contributed by atoms with E-state index in [1.807, 2.05) is 41.5 Å². The summed E-state index contributed by atoms with van der Waals surface area (Å²) in [7, 11) is 1.23. The van der Waals surface area contributed by atoms with E-state index in [-0.39, 0.29) is 17.4 Å². The minimum Gasteiger partial charge on any atom is -0.507 e. The van der Waals surface area contributed by atoms with E-state index in [1.165, 1.54) is 25.5 Å². The number of hydrogen-bond acceptors (Lipinski definition) is 4. The van der Waals surface area contributed by atoms with Gasteiger partial charge in [0.05, 0.1) is 13.2 Å². The maximum atomic E-state index is 13.5. The molecular formula is C30H45F2NO3. The summed E-state index contributed by atoms with van der Waals surface area (Å²) in [5.74, 6) is -1.96. The molecule has 0 fully saturated rings. The van der Waals surface area contributed by atoms with Crippen molar-refractivity contribution < 1.29 is 23.4 Å². The Morgan fingerprint density at radius 1 is 1.19 bits per heavy atom. The van der Waals surface area contributed by atoms with Gasteiger partial charge in [-0.05, 0) is 66.2 Å². The summed E-state index contributed by atoms with van der Waals surface area (Å²) in [4.78, 5) is 16.2. The van der Waals surface area contributed by atoms with E-state index < -0.39 is 17.6 Å². The van der Waals surface area contributed by atoms with Crippen LogP contribution < -0.4 is 0 Å². The molecule has 1 aromatic carbocycles. The number of halogens is 2. The number of methoxy groups -OCH3 is 1. The average molecular weight is 506 g/mol. The number of aliphatic hydroxyl groups excluding tert-OH is 1. The summed E-state index contributed by atoms with van der Waals surface area (Å²) >= 11 is 0. The largest absolute Gasteiger partial charge is 0.507 e. The molecule has 0 aliphatic carbocycles. The summed E-state index contributed by atoms with van der Waals surface area (Å²) in [5.41, 5.74) is 2.44. The number of aliphatic hydroxyl groups is 1. The van der Waals surface area contributed by atoms with Gasteiger partial charge in [-0.3, -0.25) is 4.99 Å². The number of nitrogens with zero attached hydrogens (tertiary/aromatic N) is 1. The first-order valence-corrected chi connectivity index (χ1v) is 12.6. The van der Waals surface area contributed by atoms with Crippen LogP contribution in [0.5, 0.6) is 0 Å². The molecule has 1 unspecified atom stereocenters. The third-order valence-corrected chi connectivity index (χ3v) is 4.52. The van der Waals surface area contributed by atoms with Gasteiger partial charge >= 0.3 is 5.97 Å². The third kappa shape index (κ3) is 12.6. The molecule has 202 valence electrons. The summed E-state index contributed by atoms with van der Waals surface area (Å²) < 4.78 is 31.3. The van der Waals surface area contributed by atoms with Crippen LogP contribution in [0.25, 0.3) is 5.57 Å². The van der Waals surface area contributed by atoms with Crippen LogP contribution in [-0.2, 0) is 9.53 Å². The molecule has 6 heteroatoms. The highest BCUT2D eigenvalue weighted by molar-refractivity contribution is 6.10. The Bertz CT molecular complexity index is 954. The van der Waals surface area contributed by atoms with Crippen LogP contribution in [0.3, 0.4) is 0 Å². The van der Waals surface area contributed by atoms with Crippen molar-refractivity contribution in [3.05, 3.63) is 76.6 Å². The predicted molar refractivity (Wildman–Crippen MR) is 149 cm³/mol. The normalized spacial score (nSPS) is 18.5. The number of ether oxygens (including phenoxy) is 1. The second-order valence-electron chi connectivity index (χ2n) is 8.22. The smallest absolute Gasteiger partial charge is 0.343 e. The van der Waals surface area contributed by atoms with Crippen LogP contribution in [0.15, 0.2) is 64.4 Å². The quantitative estimate of drug-likeness (QED) is 0.321. The zero-order valence-electron chi connectivity index (χ0n) is 23.7. The summed E-state index contributed by atoms with van der Waals surface area (Å²) in [6.07, 6.45) is 5.84. The number of aliphatic imine (C=N–C) groups is 1. The highest BCUT2D eigenvalue weighted by Crippen LogP contribution is 2.27.